The number of carbonyl (C=O) groups excluding carboxylic acids is 2. The molecule has 0 spiro atoms. The molecule has 0 radical (unpaired) electrons. The van der Waals surface area contributed by atoms with Gasteiger partial charge in [0.05, 0.1) is 6.04 Å². The van der Waals surface area contributed by atoms with Gasteiger partial charge >= 0.3 is 0 Å². The van der Waals surface area contributed by atoms with Gasteiger partial charge in [0.2, 0.25) is 5.91 Å². The lowest BCUT2D eigenvalue weighted by atomic mass is 10.2. The van der Waals surface area contributed by atoms with Crippen molar-refractivity contribution in [3.05, 3.63) is 29.8 Å². The van der Waals surface area contributed by atoms with Gasteiger partial charge in [-0.3, -0.25) is 9.59 Å². The molecule has 1 atom stereocenters. The van der Waals surface area contributed by atoms with Crippen LogP contribution >= 0.6 is 0 Å². The van der Waals surface area contributed by atoms with Gasteiger partial charge in [-0.05, 0) is 17.7 Å². The van der Waals surface area contributed by atoms with E-state index in [1.807, 2.05) is 12.1 Å². The quantitative estimate of drug-likeness (QED) is 0.669. The molecule has 0 aliphatic carbocycles. The number of benzene rings is 1. The van der Waals surface area contributed by atoms with Crippen molar-refractivity contribution in [3.63, 3.8) is 0 Å². The molecule has 1 fully saturated rings. The van der Waals surface area contributed by atoms with Crippen LogP contribution in [0.4, 0.5) is 0 Å². The Balaban J connectivity index is 1.74. The van der Waals surface area contributed by atoms with Crippen LogP contribution in [0, 0.1) is 0 Å². The number of carbonyl (C=O) groups is 2. The highest BCUT2D eigenvalue weighted by Crippen LogP contribution is 2.11. The Morgan fingerprint density at radius 2 is 2.16 bits per heavy atom. The summed E-state index contributed by atoms with van der Waals surface area (Å²) < 4.78 is 5.35. The van der Waals surface area contributed by atoms with Crippen molar-refractivity contribution in [1.29, 1.82) is 0 Å². The molecule has 1 aliphatic heterocycles. The highest BCUT2D eigenvalue weighted by molar-refractivity contribution is 5.82. The zero-order valence-corrected chi connectivity index (χ0v) is 10.5. The van der Waals surface area contributed by atoms with Gasteiger partial charge in [-0.2, -0.15) is 0 Å². The summed E-state index contributed by atoms with van der Waals surface area (Å²) in [6.45, 7) is 0.895. The normalized spacial score (nSPS) is 17.9. The Kier molecular flexibility index (Phi) is 4.35. The summed E-state index contributed by atoms with van der Waals surface area (Å²) in [5, 5.41) is 5.39. The Morgan fingerprint density at radius 3 is 2.74 bits per heavy atom. The van der Waals surface area contributed by atoms with E-state index < -0.39 is 0 Å². The van der Waals surface area contributed by atoms with Crippen molar-refractivity contribution in [2.75, 3.05) is 13.2 Å². The van der Waals surface area contributed by atoms with Crippen molar-refractivity contribution >= 4 is 11.8 Å². The van der Waals surface area contributed by atoms with Crippen LogP contribution < -0.4 is 21.1 Å². The molecular weight excluding hydrogens is 246 g/mol. The summed E-state index contributed by atoms with van der Waals surface area (Å²) >= 11 is 0. The Hall–Kier alpha value is -2.08. The Morgan fingerprint density at radius 1 is 1.42 bits per heavy atom. The van der Waals surface area contributed by atoms with Crippen molar-refractivity contribution in [3.8, 4) is 5.75 Å². The van der Waals surface area contributed by atoms with Crippen LogP contribution in [0.25, 0.3) is 0 Å². The Bertz CT molecular complexity index is 459. The fraction of sp³-hybridized carbons (Fsp3) is 0.385. The minimum atomic E-state index is -0.232. The number of hydrogen-bond acceptors (Lipinski definition) is 4. The van der Waals surface area contributed by atoms with Crippen LogP contribution in [0.3, 0.4) is 0 Å². The van der Waals surface area contributed by atoms with E-state index in [0.717, 1.165) is 5.56 Å². The lowest BCUT2D eigenvalue weighted by Gasteiger charge is -2.11. The summed E-state index contributed by atoms with van der Waals surface area (Å²) in [7, 11) is 0. The van der Waals surface area contributed by atoms with Crippen LogP contribution in [0.15, 0.2) is 24.3 Å². The van der Waals surface area contributed by atoms with Gasteiger partial charge in [-0.1, -0.05) is 12.1 Å². The highest BCUT2D eigenvalue weighted by Gasteiger charge is 2.22. The SMILES string of the molecule is NCc1ccc(OCC(=O)NC2CNC(=O)C2)cc1. The minimum Gasteiger partial charge on any atom is -0.484 e. The lowest BCUT2D eigenvalue weighted by Crippen LogP contribution is -2.39. The van der Waals surface area contributed by atoms with Crippen LogP contribution in [0.1, 0.15) is 12.0 Å². The van der Waals surface area contributed by atoms with E-state index in [1.165, 1.54) is 0 Å². The second-order valence-corrected chi connectivity index (χ2v) is 4.41. The van der Waals surface area contributed by atoms with E-state index in [4.69, 9.17) is 10.5 Å². The van der Waals surface area contributed by atoms with Crippen LogP contribution in [-0.2, 0) is 16.1 Å². The standard InChI is InChI=1S/C13H17N3O3/c14-6-9-1-3-11(4-2-9)19-8-13(18)16-10-5-12(17)15-7-10/h1-4,10H,5-8,14H2,(H,15,17)(H,16,18). The third-order valence-electron chi connectivity index (χ3n) is 2.87. The summed E-state index contributed by atoms with van der Waals surface area (Å²) in [5.74, 6) is 0.348. The van der Waals surface area contributed by atoms with Gasteiger partial charge < -0.3 is 21.1 Å². The molecule has 1 aromatic carbocycles. The van der Waals surface area contributed by atoms with E-state index in [1.54, 1.807) is 12.1 Å². The van der Waals surface area contributed by atoms with Gasteiger partial charge in [0.25, 0.3) is 5.91 Å². The maximum absolute atomic E-state index is 11.6. The molecule has 2 rings (SSSR count). The largest absolute Gasteiger partial charge is 0.484 e. The second kappa shape index (κ2) is 6.19. The van der Waals surface area contributed by atoms with Crippen molar-refractivity contribution in [2.45, 2.75) is 19.0 Å². The predicted molar refractivity (Wildman–Crippen MR) is 69.4 cm³/mol. The fourth-order valence-electron chi connectivity index (χ4n) is 1.85. The predicted octanol–water partition coefficient (Wildman–Crippen LogP) is -0.471. The summed E-state index contributed by atoms with van der Waals surface area (Å²) in [6, 6.07) is 7.12. The van der Waals surface area contributed by atoms with Crippen molar-refractivity contribution in [1.82, 2.24) is 10.6 Å². The topological polar surface area (TPSA) is 93.4 Å². The molecule has 6 nitrogen and oxygen atoms in total. The molecule has 1 aliphatic rings. The first-order chi connectivity index (χ1) is 9.17. The molecule has 102 valence electrons. The summed E-state index contributed by atoms with van der Waals surface area (Å²) in [5.41, 5.74) is 6.49. The zero-order valence-electron chi connectivity index (χ0n) is 10.5. The molecule has 4 N–H and O–H groups in total. The van der Waals surface area contributed by atoms with E-state index in [-0.39, 0.29) is 24.5 Å². The van der Waals surface area contributed by atoms with Crippen molar-refractivity contribution in [2.24, 2.45) is 5.73 Å². The van der Waals surface area contributed by atoms with Gasteiger partial charge in [-0.15, -0.1) is 0 Å². The smallest absolute Gasteiger partial charge is 0.258 e. The lowest BCUT2D eigenvalue weighted by molar-refractivity contribution is -0.123. The summed E-state index contributed by atoms with van der Waals surface area (Å²) in [6.07, 6.45) is 0.330. The minimum absolute atomic E-state index is 0.0383. The first kappa shape index (κ1) is 13.4. The molecule has 0 saturated carbocycles. The maximum Gasteiger partial charge on any atom is 0.258 e. The third-order valence-corrected chi connectivity index (χ3v) is 2.87. The molecule has 0 bridgehead atoms. The van der Waals surface area contributed by atoms with Crippen LogP contribution in [0.2, 0.25) is 0 Å². The molecule has 6 heteroatoms. The summed E-state index contributed by atoms with van der Waals surface area (Å²) in [4.78, 5) is 22.6. The van der Waals surface area contributed by atoms with Gasteiger partial charge in [0.15, 0.2) is 6.61 Å². The number of ether oxygens (including phenoxy) is 1. The fourth-order valence-corrected chi connectivity index (χ4v) is 1.85. The molecule has 1 heterocycles. The van der Waals surface area contributed by atoms with Gasteiger partial charge in [-0.25, -0.2) is 0 Å². The van der Waals surface area contributed by atoms with E-state index in [0.29, 0.717) is 25.3 Å². The number of amides is 2. The van der Waals surface area contributed by atoms with E-state index >= 15 is 0 Å². The Labute approximate surface area is 111 Å². The first-order valence-electron chi connectivity index (χ1n) is 6.15. The third kappa shape index (κ3) is 3.96. The van der Waals surface area contributed by atoms with Crippen LogP contribution in [0.5, 0.6) is 5.75 Å². The molecule has 1 saturated heterocycles. The van der Waals surface area contributed by atoms with Gasteiger partial charge in [0, 0.05) is 19.5 Å². The number of nitrogens with one attached hydrogen (secondary N) is 2. The molecular formula is C13H17N3O3. The van der Waals surface area contributed by atoms with E-state index in [2.05, 4.69) is 10.6 Å². The molecule has 2 amide bonds. The number of nitrogens with two attached hydrogens (primary N) is 1. The van der Waals surface area contributed by atoms with E-state index in [9.17, 15) is 9.59 Å². The monoisotopic (exact) mass is 263 g/mol. The molecule has 19 heavy (non-hydrogen) atoms. The average molecular weight is 263 g/mol. The maximum atomic E-state index is 11.6. The number of hydrogen-bond donors (Lipinski definition) is 3. The first-order valence-corrected chi connectivity index (χ1v) is 6.15. The average Bonchev–Trinajstić information content (AvgIpc) is 2.82. The molecule has 1 aromatic rings. The zero-order chi connectivity index (χ0) is 13.7. The second-order valence-electron chi connectivity index (χ2n) is 4.41. The molecule has 1 unspecified atom stereocenters. The van der Waals surface area contributed by atoms with Crippen molar-refractivity contribution < 1.29 is 14.3 Å². The van der Waals surface area contributed by atoms with Gasteiger partial charge in [0.1, 0.15) is 5.75 Å². The molecule has 0 aromatic heterocycles. The highest BCUT2D eigenvalue weighted by atomic mass is 16.5. The van der Waals surface area contributed by atoms with Crippen LogP contribution in [-0.4, -0.2) is 31.0 Å². The number of rotatable bonds is 5.